The number of benzene rings is 2. The van der Waals surface area contributed by atoms with Crippen LogP contribution in [-0.2, 0) is 10.0 Å². The Morgan fingerprint density at radius 3 is 2.38 bits per heavy atom. The summed E-state index contributed by atoms with van der Waals surface area (Å²) in [5, 5.41) is 0.900. The molecule has 6 heteroatoms. The van der Waals surface area contributed by atoms with Crippen molar-refractivity contribution >= 4 is 20.9 Å². The fourth-order valence-electron chi connectivity index (χ4n) is 2.98. The van der Waals surface area contributed by atoms with E-state index in [-0.39, 0.29) is 0 Å². The monoisotopic (exact) mass is 372 g/mol. The van der Waals surface area contributed by atoms with Crippen LogP contribution in [0.15, 0.2) is 54.6 Å². The van der Waals surface area contributed by atoms with Crippen LogP contribution in [0.1, 0.15) is 6.42 Å². The van der Waals surface area contributed by atoms with Gasteiger partial charge in [0.05, 0.1) is 24.1 Å². The molecule has 0 saturated carbocycles. The molecule has 0 saturated heterocycles. The van der Waals surface area contributed by atoms with E-state index in [4.69, 9.17) is 4.74 Å². The molecule has 0 aliphatic rings. The van der Waals surface area contributed by atoms with Crippen molar-refractivity contribution in [2.75, 3.05) is 33.5 Å². The van der Waals surface area contributed by atoms with Gasteiger partial charge in [-0.1, -0.05) is 18.2 Å². The number of rotatable bonds is 7. The standard InChI is InChI=1S/C20H24N2O3S/c1-21(2)13-6-14-25-18-11-9-16(10-12-18)20-15-17-7-4-5-8-19(17)22(20)26(3,23)24/h4-5,7-12,15H,6,13-14H2,1-3H3. The first-order chi connectivity index (χ1) is 12.4. The largest absolute Gasteiger partial charge is 0.494 e. The third-order valence-electron chi connectivity index (χ3n) is 4.17. The van der Waals surface area contributed by atoms with E-state index in [9.17, 15) is 8.42 Å². The van der Waals surface area contributed by atoms with Gasteiger partial charge in [0.1, 0.15) is 5.75 Å². The van der Waals surface area contributed by atoms with E-state index in [1.807, 2.05) is 68.7 Å². The topological polar surface area (TPSA) is 51.5 Å². The van der Waals surface area contributed by atoms with Gasteiger partial charge in [-0.05, 0) is 62.5 Å². The molecule has 0 N–H and O–H groups in total. The summed E-state index contributed by atoms with van der Waals surface area (Å²) < 4.78 is 31.8. The molecule has 138 valence electrons. The molecule has 3 aromatic rings. The van der Waals surface area contributed by atoms with Crippen LogP contribution >= 0.6 is 0 Å². The number of hydrogen-bond donors (Lipinski definition) is 0. The molecular formula is C20H24N2O3S. The first-order valence-corrected chi connectivity index (χ1v) is 10.4. The Bertz CT molecular complexity index is 990. The lowest BCUT2D eigenvalue weighted by atomic mass is 10.1. The lowest BCUT2D eigenvalue weighted by Crippen LogP contribution is -2.15. The van der Waals surface area contributed by atoms with Crippen LogP contribution in [0.4, 0.5) is 0 Å². The van der Waals surface area contributed by atoms with E-state index < -0.39 is 10.0 Å². The van der Waals surface area contributed by atoms with E-state index in [2.05, 4.69) is 4.90 Å². The van der Waals surface area contributed by atoms with Gasteiger partial charge in [0.2, 0.25) is 10.0 Å². The summed E-state index contributed by atoms with van der Waals surface area (Å²) in [7, 11) is 0.655. The zero-order valence-corrected chi connectivity index (χ0v) is 16.2. The number of hydrogen-bond acceptors (Lipinski definition) is 4. The minimum atomic E-state index is -3.42. The molecule has 1 aromatic heterocycles. The van der Waals surface area contributed by atoms with Crippen molar-refractivity contribution in [3.63, 3.8) is 0 Å². The van der Waals surface area contributed by atoms with Gasteiger partial charge in [-0.15, -0.1) is 0 Å². The highest BCUT2D eigenvalue weighted by Gasteiger charge is 2.17. The first-order valence-electron chi connectivity index (χ1n) is 8.55. The average Bonchev–Trinajstić information content (AvgIpc) is 2.99. The summed E-state index contributed by atoms with van der Waals surface area (Å²) in [5.74, 6) is 0.787. The summed E-state index contributed by atoms with van der Waals surface area (Å²) in [6.07, 6.45) is 2.18. The SMILES string of the molecule is CN(C)CCCOc1ccc(-c2cc3ccccc3n2S(C)(=O)=O)cc1. The normalized spacial score (nSPS) is 12.0. The second-order valence-corrected chi connectivity index (χ2v) is 8.48. The van der Waals surface area contributed by atoms with Gasteiger partial charge >= 0.3 is 0 Å². The molecule has 0 bridgehead atoms. The molecule has 0 fully saturated rings. The molecule has 0 atom stereocenters. The molecule has 2 aromatic carbocycles. The molecule has 0 unspecified atom stereocenters. The highest BCUT2D eigenvalue weighted by molar-refractivity contribution is 7.89. The van der Waals surface area contributed by atoms with E-state index in [0.717, 1.165) is 29.7 Å². The smallest absolute Gasteiger partial charge is 0.236 e. The Morgan fingerprint density at radius 2 is 1.73 bits per heavy atom. The Kier molecular flexibility index (Phi) is 5.34. The Hall–Kier alpha value is -2.31. The molecule has 0 aliphatic heterocycles. The maximum atomic E-state index is 12.3. The summed E-state index contributed by atoms with van der Waals surface area (Å²) in [6, 6.07) is 17.0. The molecule has 1 heterocycles. The first kappa shape index (κ1) is 18.5. The van der Waals surface area contributed by atoms with Crippen molar-refractivity contribution in [3.8, 4) is 17.0 Å². The molecule has 0 aliphatic carbocycles. The number of ether oxygens (including phenoxy) is 1. The van der Waals surface area contributed by atoms with Crippen molar-refractivity contribution in [2.24, 2.45) is 0 Å². The minimum Gasteiger partial charge on any atom is -0.494 e. The van der Waals surface area contributed by atoms with Crippen LogP contribution in [-0.4, -0.2) is 50.8 Å². The Morgan fingerprint density at radius 1 is 1.04 bits per heavy atom. The van der Waals surface area contributed by atoms with Crippen molar-refractivity contribution in [1.82, 2.24) is 8.87 Å². The maximum absolute atomic E-state index is 12.3. The van der Waals surface area contributed by atoms with E-state index >= 15 is 0 Å². The fourth-order valence-corrected chi connectivity index (χ4v) is 4.02. The number of para-hydroxylation sites is 1. The molecule has 3 rings (SSSR count). The predicted molar refractivity (Wildman–Crippen MR) is 106 cm³/mol. The van der Waals surface area contributed by atoms with Gasteiger partial charge < -0.3 is 9.64 Å². The fraction of sp³-hybridized carbons (Fsp3) is 0.300. The summed E-state index contributed by atoms with van der Waals surface area (Å²) >= 11 is 0. The van der Waals surface area contributed by atoms with Gasteiger partial charge in [-0.3, -0.25) is 0 Å². The van der Waals surface area contributed by atoms with Crippen LogP contribution < -0.4 is 4.74 Å². The molecule has 0 radical (unpaired) electrons. The average molecular weight is 372 g/mol. The van der Waals surface area contributed by atoms with Crippen LogP contribution in [0.5, 0.6) is 5.75 Å². The van der Waals surface area contributed by atoms with E-state index in [1.54, 1.807) is 0 Å². The Labute approximate surface area is 154 Å². The minimum absolute atomic E-state index is 0.654. The van der Waals surface area contributed by atoms with Crippen LogP contribution in [0.3, 0.4) is 0 Å². The molecule has 5 nitrogen and oxygen atoms in total. The van der Waals surface area contributed by atoms with Gasteiger partial charge in [0, 0.05) is 11.9 Å². The van der Waals surface area contributed by atoms with E-state index in [0.29, 0.717) is 17.8 Å². The second kappa shape index (κ2) is 7.51. The van der Waals surface area contributed by atoms with Crippen molar-refractivity contribution in [2.45, 2.75) is 6.42 Å². The lowest BCUT2D eigenvalue weighted by molar-refractivity contribution is 0.281. The zero-order valence-electron chi connectivity index (χ0n) is 15.3. The molecule has 0 spiro atoms. The molecule has 26 heavy (non-hydrogen) atoms. The predicted octanol–water partition coefficient (Wildman–Crippen LogP) is 3.45. The quantitative estimate of drug-likeness (QED) is 0.596. The Balaban J connectivity index is 1.88. The molecular weight excluding hydrogens is 348 g/mol. The van der Waals surface area contributed by atoms with Gasteiger partial charge in [0.25, 0.3) is 0 Å². The van der Waals surface area contributed by atoms with E-state index in [1.165, 1.54) is 10.2 Å². The van der Waals surface area contributed by atoms with Crippen LogP contribution in [0, 0.1) is 0 Å². The zero-order chi connectivity index (χ0) is 18.7. The third-order valence-corrected chi connectivity index (χ3v) is 5.22. The summed E-state index contributed by atoms with van der Waals surface area (Å²) in [6.45, 7) is 1.63. The number of aromatic nitrogens is 1. The van der Waals surface area contributed by atoms with Crippen LogP contribution in [0.2, 0.25) is 0 Å². The van der Waals surface area contributed by atoms with Gasteiger partial charge in [0.15, 0.2) is 0 Å². The second-order valence-electron chi connectivity index (χ2n) is 6.65. The highest BCUT2D eigenvalue weighted by atomic mass is 32.2. The van der Waals surface area contributed by atoms with Gasteiger partial charge in [-0.25, -0.2) is 12.4 Å². The van der Waals surface area contributed by atoms with Crippen molar-refractivity contribution in [1.29, 1.82) is 0 Å². The summed E-state index contributed by atoms with van der Waals surface area (Å²) in [4.78, 5) is 2.12. The molecule has 0 amide bonds. The number of nitrogens with zero attached hydrogens (tertiary/aromatic N) is 2. The van der Waals surface area contributed by atoms with Crippen LogP contribution in [0.25, 0.3) is 22.2 Å². The van der Waals surface area contributed by atoms with Crippen molar-refractivity contribution < 1.29 is 13.2 Å². The lowest BCUT2D eigenvalue weighted by Gasteiger charge is -2.11. The van der Waals surface area contributed by atoms with Gasteiger partial charge in [-0.2, -0.15) is 0 Å². The van der Waals surface area contributed by atoms with Crippen molar-refractivity contribution in [3.05, 3.63) is 54.6 Å². The highest BCUT2D eigenvalue weighted by Crippen LogP contribution is 2.30. The summed E-state index contributed by atoms with van der Waals surface area (Å²) in [5.41, 5.74) is 2.19. The maximum Gasteiger partial charge on any atom is 0.236 e. The number of fused-ring (bicyclic) bond motifs is 1. The third kappa shape index (κ3) is 4.08.